The third-order valence-electron chi connectivity index (χ3n) is 4.81. The number of aryl methyl sites for hydroxylation is 1. The molecule has 4 rings (SSSR count). The Bertz CT molecular complexity index is 918. The summed E-state index contributed by atoms with van der Waals surface area (Å²) in [5.41, 5.74) is 4.56. The topological polar surface area (TPSA) is 46.9 Å². The summed E-state index contributed by atoms with van der Waals surface area (Å²) in [6.07, 6.45) is 5.22. The molecule has 0 radical (unpaired) electrons. The fourth-order valence-corrected chi connectivity index (χ4v) is 4.22. The van der Waals surface area contributed by atoms with Gasteiger partial charge in [-0.25, -0.2) is 4.98 Å². The Labute approximate surface area is 151 Å². The van der Waals surface area contributed by atoms with Gasteiger partial charge in [-0.2, -0.15) is 0 Å². The molecule has 3 aromatic rings. The van der Waals surface area contributed by atoms with Crippen molar-refractivity contribution in [3.63, 3.8) is 0 Å². The van der Waals surface area contributed by atoms with Crippen LogP contribution in [-0.2, 0) is 17.8 Å². The van der Waals surface area contributed by atoms with Crippen molar-refractivity contribution in [3.8, 4) is 0 Å². The Kier molecular flexibility index (Phi) is 4.49. The fourth-order valence-electron chi connectivity index (χ4n) is 3.65. The van der Waals surface area contributed by atoms with Gasteiger partial charge in [0.25, 0.3) is 0 Å². The molecule has 1 aliphatic rings. The Morgan fingerprint density at radius 2 is 2.04 bits per heavy atom. The molecule has 1 aromatic heterocycles. The summed E-state index contributed by atoms with van der Waals surface area (Å²) in [6, 6.07) is 16.5. The molecular weight excluding hydrogens is 330 g/mol. The van der Waals surface area contributed by atoms with E-state index in [2.05, 4.69) is 34.6 Å². The molecule has 0 bridgehead atoms. The van der Waals surface area contributed by atoms with Crippen molar-refractivity contribution in [2.24, 2.45) is 0 Å². The maximum Gasteiger partial charge on any atom is 0.240 e. The van der Waals surface area contributed by atoms with Crippen LogP contribution in [0, 0.1) is 0 Å². The van der Waals surface area contributed by atoms with Crippen LogP contribution in [0.25, 0.3) is 11.0 Å². The number of hydrogen-bond donors (Lipinski definition) is 1. The van der Waals surface area contributed by atoms with Gasteiger partial charge >= 0.3 is 0 Å². The van der Waals surface area contributed by atoms with Crippen molar-refractivity contribution in [3.05, 3.63) is 59.7 Å². The maximum atomic E-state index is 12.7. The van der Waals surface area contributed by atoms with Crippen molar-refractivity contribution in [2.75, 3.05) is 6.26 Å². The van der Waals surface area contributed by atoms with Crippen LogP contribution in [0.15, 0.2) is 53.7 Å². The average Bonchev–Trinajstić information content (AvgIpc) is 3.00. The molecule has 1 heterocycles. The number of carbonyl (C=O) groups is 1. The number of nitrogens with zero attached hydrogens (tertiary/aromatic N) is 2. The molecule has 0 fully saturated rings. The summed E-state index contributed by atoms with van der Waals surface area (Å²) in [5, 5.41) is 4.11. The zero-order chi connectivity index (χ0) is 17.2. The number of thioether (sulfide) groups is 1. The van der Waals surface area contributed by atoms with E-state index < -0.39 is 0 Å². The summed E-state index contributed by atoms with van der Waals surface area (Å²) in [4.78, 5) is 17.3. The summed E-state index contributed by atoms with van der Waals surface area (Å²) in [7, 11) is 0. The van der Waals surface area contributed by atoms with Crippen LogP contribution in [-0.4, -0.2) is 21.7 Å². The first-order chi connectivity index (χ1) is 12.3. The van der Waals surface area contributed by atoms with E-state index in [1.165, 1.54) is 11.1 Å². The largest absolute Gasteiger partial charge is 0.348 e. The summed E-state index contributed by atoms with van der Waals surface area (Å²) < 4.78 is 2.00. The molecule has 4 nitrogen and oxygen atoms in total. The van der Waals surface area contributed by atoms with Crippen molar-refractivity contribution in [1.29, 1.82) is 0 Å². The summed E-state index contributed by atoms with van der Waals surface area (Å²) >= 11 is 1.57. The van der Waals surface area contributed by atoms with E-state index in [1.807, 2.05) is 35.1 Å². The zero-order valence-electron chi connectivity index (χ0n) is 14.2. The van der Waals surface area contributed by atoms with Crippen LogP contribution in [0.3, 0.4) is 0 Å². The van der Waals surface area contributed by atoms with Crippen LogP contribution >= 0.6 is 11.8 Å². The molecule has 1 N–H and O–H groups in total. The van der Waals surface area contributed by atoms with E-state index in [-0.39, 0.29) is 11.9 Å². The van der Waals surface area contributed by atoms with Gasteiger partial charge < -0.3 is 9.88 Å². The van der Waals surface area contributed by atoms with Gasteiger partial charge in [0.05, 0.1) is 17.1 Å². The van der Waals surface area contributed by atoms with Gasteiger partial charge in [-0.05, 0) is 48.8 Å². The summed E-state index contributed by atoms with van der Waals surface area (Å²) in [5.74, 6) is 0.0418. The van der Waals surface area contributed by atoms with Crippen molar-refractivity contribution < 1.29 is 4.79 Å². The quantitative estimate of drug-likeness (QED) is 0.724. The highest BCUT2D eigenvalue weighted by Crippen LogP contribution is 2.29. The first kappa shape index (κ1) is 16.2. The van der Waals surface area contributed by atoms with Gasteiger partial charge in [0.15, 0.2) is 5.16 Å². The van der Waals surface area contributed by atoms with E-state index in [0.717, 1.165) is 35.5 Å². The molecule has 5 heteroatoms. The second kappa shape index (κ2) is 6.92. The molecule has 0 spiro atoms. The van der Waals surface area contributed by atoms with E-state index in [1.54, 1.807) is 11.8 Å². The number of benzene rings is 2. The number of imidazole rings is 1. The number of fused-ring (bicyclic) bond motifs is 2. The first-order valence-electron chi connectivity index (χ1n) is 8.62. The lowest BCUT2D eigenvalue weighted by molar-refractivity contribution is -0.122. The Hall–Kier alpha value is -2.27. The average molecular weight is 351 g/mol. The smallest absolute Gasteiger partial charge is 0.240 e. The standard InChI is InChI=1S/C20H21N3OS/c1-25-20-22-17-10-4-5-12-18(17)23(20)13-19(24)21-16-11-6-8-14-7-2-3-9-15(14)16/h2-5,7,9-10,12,16H,6,8,11,13H2,1H3,(H,21,24)/t16-/m1/s1. The van der Waals surface area contributed by atoms with Crippen LogP contribution in [0.1, 0.15) is 30.0 Å². The summed E-state index contributed by atoms with van der Waals surface area (Å²) in [6.45, 7) is 0.301. The van der Waals surface area contributed by atoms with Gasteiger partial charge in [-0.1, -0.05) is 48.2 Å². The highest BCUT2D eigenvalue weighted by molar-refractivity contribution is 7.98. The predicted octanol–water partition coefficient (Wildman–Crippen LogP) is 3.95. The first-order valence-corrected chi connectivity index (χ1v) is 9.85. The third-order valence-corrected chi connectivity index (χ3v) is 5.49. The highest BCUT2D eigenvalue weighted by Gasteiger charge is 2.22. The molecule has 128 valence electrons. The number of rotatable bonds is 4. The minimum atomic E-state index is 0.0418. The lowest BCUT2D eigenvalue weighted by Gasteiger charge is -2.26. The molecule has 0 unspecified atom stereocenters. The molecule has 25 heavy (non-hydrogen) atoms. The normalized spacial score (nSPS) is 16.6. The van der Waals surface area contributed by atoms with Crippen molar-refractivity contribution >= 4 is 28.7 Å². The van der Waals surface area contributed by atoms with Crippen molar-refractivity contribution in [1.82, 2.24) is 14.9 Å². The minimum Gasteiger partial charge on any atom is -0.348 e. The number of aromatic nitrogens is 2. The number of carbonyl (C=O) groups excluding carboxylic acids is 1. The number of para-hydroxylation sites is 2. The van der Waals surface area contributed by atoms with E-state index >= 15 is 0 Å². The SMILES string of the molecule is CSc1nc2ccccc2n1CC(=O)N[C@@H]1CCCc2ccccc21. The van der Waals surface area contributed by atoms with Crippen LogP contribution in [0.4, 0.5) is 0 Å². The van der Waals surface area contributed by atoms with E-state index in [0.29, 0.717) is 6.54 Å². The molecule has 0 saturated carbocycles. The molecule has 0 aliphatic heterocycles. The van der Waals surface area contributed by atoms with Gasteiger partial charge in [0.2, 0.25) is 5.91 Å². The van der Waals surface area contributed by atoms with Crippen LogP contribution in [0.2, 0.25) is 0 Å². The highest BCUT2D eigenvalue weighted by atomic mass is 32.2. The molecule has 0 saturated heterocycles. The fraction of sp³-hybridized carbons (Fsp3) is 0.300. The van der Waals surface area contributed by atoms with Crippen molar-refractivity contribution in [2.45, 2.75) is 37.0 Å². The second-order valence-corrected chi connectivity index (χ2v) is 7.16. The van der Waals surface area contributed by atoms with Crippen LogP contribution < -0.4 is 5.32 Å². The third kappa shape index (κ3) is 3.16. The Balaban J connectivity index is 1.56. The zero-order valence-corrected chi connectivity index (χ0v) is 15.1. The van der Waals surface area contributed by atoms with Gasteiger partial charge in [-0.15, -0.1) is 0 Å². The van der Waals surface area contributed by atoms with Gasteiger partial charge in [0, 0.05) is 0 Å². The lowest BCUT2D eigenvalue weighted by Crippen LogP contribution is -2.33. The second-order valence-electron chi connectivity index (χ2n) is 6.38. The number of hydrogen-bond acceptors (Lipinski definition) is 3. The molecule has 2 aromatic carbocycles. The Morgan fingerprint density at radius 1 is 1.24 bits per heavy atom. The van der Waals surface area contributed by atoms with E-state index in [4.69, 9.17) is 0 Å². The molecule has 1 atom stereocenters. The Morgan fingerprint density at radius 3 is 2.92 bits per heavy atom. The molecular formula is C20H21N3OS. The van der Waals surface area contributed by atoms with Gasteiger partial charge in [0.1, 0.15) is 6.54 Å². The monoisotopic (exact) mass is 351 g/mol. The minimum absolute atomic E-state index is 0.0418. The van der Waals surface area contributed by atoms with Crippen LogP contribution in [0.5, 0.6) is 0 Å². The number of amides is 1. The molecule has 1 amide bonds. The predicted molar refractivity (Wildman–Crippen MR) is 102 cm³/mol. The van der Waals surface area contributed by atoms with E-state index in [9.17, 15) is 4.79 Å². The molecule has 1 aliphatic carbocycles. The number of nitrogens with one attached hydrogen (secondary N) is 1. The lowest BCUT2D eigenvalue weighted by atomic mass is 9.88. The van der Waals surface area contributed by atoms with Gasteiger partial charge in [-0.3, -0.25) is 4.79 Å². The maximum absolute atomic E-state index is 12.7.